The molecule has 0 aliphatic carbocycles. The average Bonchev–Trinajstić information content (AvgIpc) is 2.92. The van der Waals surface area contributed by atoms with Crippen molar-refractivity contribution in [1.29, 1.82) is 0 Å². The summed E-state index contributed by atoms with van der Waals surface area (Å²) in [5.74, 6) is -1.08. The molecule has 0 saturated heterocycles. The van der Waals surface area contributed by atoms with Crippen LogP contribution in [0.3, 0.4) is 0 Å². The molecule has 0 amide bonds. The minimum atomic E-state index is -4.49. The molecule has 0 unspecified atom stereocenters. The number of anilines is 2. The Morgan fingerprint density at radius 2 is 1.95 bits per heavy atom. The van der Waals surface area contributed by atoms with Crippen LogP contribution in [0.25, 0.3) is 0 Å². The van der Waals surface area contributed by atoms with E-state index in [-0.39, 0.29) is 5.13 Å². The van der Waals surface area contributed by atoms with E-state index in [1.165, 1.54) is 0 Å². The number of hydrogen-bond donors (Lipinski definition) is 1. The molecule has 19 heavy (non-hydrogen) atoms. The summed E-state index contributed by atoms with van der Waals surface area (Å²) < 4.78 is 40.7. The highest BCUT2D eigenvalue weighted by molar-refractivity contribution is 7.09. The molecular weight excluding hydrogens is 277 g/mol. The van der Waals surface area contributed by atoms with Gasteiger partial charge in [-0.15, -0.1) is 0 Å². The maximum atomic E-state index is 12.5. The Hall–Kier alpha value is -1.83. The molecule has 4 nitrogen and oxygen atoms in total. The number of fused-ring (bicyclic) bond motifs is 1. The van der Waals surface area contributed by atoms with Crippen molar-refractivity contribution >= 4 is 22.4 Å². The fraction of sp³-hybridized carbons (Fsp3) is 0.273. The number of nitrogens with zero attached hydrogens (tertiary/aromatic N) is 3. The maximum Gasteiger partial charge on any atom is 0.452 e. The van der Waals surface area contributed by atoms with Crippen LogP contribution in [-0.2, 0) is 19.3 Å². The summed E-state index contributed by atoms with van der Waals surface area (Å²) in [6, 6.07) is 5.50. The number of nitrogen functional groups attached to an aromatic ring is 1. The lowest BCUT2D eigenvalue weighted by atomic mass is 10.1. The van der Waals surface area contributed by atoms with Crippen molar-refractivity contribution in [3.8, 4) is 0 Å². The van der Waals surface area contributed by atoms with Gasteiger partial charge >= 0.3 is 6.18 Å². The summed E-state index contributed by atoms with van der Waals surface area (Å²) in [6.07, 6.45) is -4.49. The Kier molecular flexibility index (Phi) is 2.63. The van der Waals surface area contributed by atoms with Gasteiger partial charge in [-0.2, -0.15) is 22.5 Å². The van der Waals surface area contributed by atoms with E-state index in [2.05, 4.69) is 9.36 Å². The number of rotatable bonds is 1. The molecule has 0 bridgehead atoms. The fourth-order valence-corrected chi connectivity index (χ4v) is 2.69. The van der Waals surface area contributed by atoms with Gasteiger partial charge in [0.15, 0.2) is 0 Å². The van der Waals surface area contributed by atoms with Crippen LogP contribution < -0.4 is 10.6 Å². The Morgan fingerprint density at radius 1 is 1.21 bits per heavy atom. The third-order valence-electron chi connectivity index (χ3n) is 2.89. The molecule has 1 aliphatic heterocycles. The molecule has 1 aromatic heterocycles. The lowest BCUT2D eigenvalue weighted by molar-refractivity contribution is -0.144. The number of benzene rings is 1. The minimum Gasteiger partial charge on any atom is -0.399 e. The molecule has 2 aromatic rings. The van der Waals surface area contributed by atoms with E-state index in [4.69, 9.17) is 5.73 Å². The van der Waals surface area contributed by atoms with E-state index in [1.807, 2.05) is 12.1 Å². The SMILES string of the molecule is Nc1ccc2c(c1)CN(c1nc(C(F)(F)F)ns1)C2. The lowest BCUT2D eigenvalue weighted by Crippen LogP contribution is -2.15. The predicted molar refractivity (Wildman–Crippen MR) is 65.7 cm³/mol. The van der Waals surface area contributed by atoms with Crippen molar-refractivity contribution in [2.45, 2.75) is 19.3 Å². The summed E-state index contributed by atoms with van der Waals surface area (Å²) >= 11 is 0.762. The molecule has 2 heterocycles. The smallest absolute Gasteiger partial charge is 0.399 e. The van der Waals surface area contributed by atoms with Crippen LogP contribution in [0.5, 0.6) is 0 Å². The van der Waals surface area contributed by atoms with Crippen molar-refractivity contribution in [3.63, 3.8) is 0 Å². The fourth-order valence-electron chi connectivity index (χ4n) is 2.01. The van der Waals surface area contributed by atoms with Gasteiger partial charge in [0, 0.05) is 30.3 Å². The summed E-state index contributed by atoms with van der Waals surface area (Å²) in [7, 11) is 0. The molecule has 1 aliphatic rings. The van der Waals surface area contributed by atoms with Gasteiger partial charge < -0.3 is 10.6 Å². The quantitative estimate of drug-likeness (QED) is 0.819. The largest absolute Gasteiger partial charge is 0.452 e. The third kappa shape index (κ3) is 2.23. The molecule has 0 spiro atoms. The van der Waals surface area contributed by atoms with Crippen LogP contribution >= 0.6 is 11.5 Å². The number of nitrogens with two attached hydrogens (primary N) is 1. The van der Waals surface area contributed by atoms with Crippen LogP contribution in [0.15, 0.2) is 18.2 Å². The Morgan fingerprint density at radius 3 is 2.63 bits per heavy atom. The maximum absolute atomic E-state index is 12.5. The molecule has 2 N–H and O–H groups in total. The van der Waals surface area contributed by atoms with Crippen molar-refractivity contribution in [1.82, 2.24) is 9.36 Å². The average molecular weight is 286 g/mol. The van der Waals surface area contributed by atoms with Crippen molar-refractivity contribution in [3.05, 3.63) is 35.2 Å². The summed E-state index contributed by atoms with van der Waals surface area (Å²) in [5, 5.41) is 0.280. The number of hydrogen-bond acceptors (Lipinski definition) is 5. The first kappa shape index (κ1) is 12.2. The zero-order chi connectivity index (χ0) is 13.6. The molecule has 3 rings (SSSR count). The lowest BCUT2D eigenvalue weighted by Gasteiger charge is -2.12. The van der Waals surface area contributed by atoms with Crippen molar-refractivity contribution in [2.75, 3.05) is 10.6 Å². The summed E-state index contributed by atoms with van der Waals surface area (Å²) in [6.45, 7) is 1.04. The highest BCUT2D eigenvalue weighted by Crippen LogP contribution is 2.34. The number of aromatic nitrogens is 2. The van der Waals surface area contributed by atoms with E-state index in [9.17, 15) is 13.2 Å². The third-order valence-corrected chi connectivity index (χ3v) is 3.67. The second-order valence-corrected chi connectivity index (χ2v) is 5.01. The monoisotopic (exact) mass is 286 g/mol. The zero-order valence-corrected chi connectivity index (χ0v) is 10.4. The summed E-state index contributed by atoms with van der Waals surface area (Å²) in [5.41, 5.74) is 8.40. The van der Waals surface area contributed by atoms with Crippen LogP contribution in [0, 0.1) is 0 Å². The Balaban J connectivity index is 1.85. The van der Waals surface area contributed by atoms with Gasteiger partial charge in [-0.3, -0.25) is 0 Å². The van der Waals surface area contributed by atoms with E-state index >= 15 is 0 Å². The van der Waals surface area contributed by atoms with Gasteiger partial charge in [-0.1, -0.05) is 6.07 Å². The zero-order valence-electron chi connectivity index (χ0n) is 9.61. The predicted octanol–water partition coefficient (Wildman–Crippen LogP) is 2.66. The molecule has 0 radical (unpaired) electrons. The van der Waals surface area contributed by atoms with Crippen LogP contribution in [0.4, 0.5) is 24.0 Å². The molecule has 8 heteroatoms. The van der Waals surface area contributed by atoms with E-state index in [0.29, 0.717) is 18.8 Å². The molecule has 100 valence electrons. The Bertz CT molecular complexity index is 623. The first-order valence-corrected chi connectivity index (χ1v) is 6.24. The summed E-state index contributed by atoms with van der Waals surface area (Å²) in [4.78, 5) is 5.31. The van der Waals surface area contributed by atoms with E-state index in [0.717, 1.165) is 22.7 Å². The van der Waals surface area contributed by atoms with Gasteiger partial charge in [0.05, 0.1) is 0 Å². The highest BCUT2D eigenvalue weighted by Gasteiger charge is 2.37. The second-order valence-electron chi connectivity index (χ2n) is 4.28. The molecule has 0 saturated carbocycles. The van der Waals surface area contributed by atoms with Crippen molar-refractivity contribution < 1.29 is 13.2 Å². The Labute approximate surface area is 110 Å². The van der Waals surface area contributed by atoms with Gasteiger partial charge in [-0.25, -0.2) is 0 Å². The van der Waals surface area contributed by atoms with Crippen LogP contribution in [0.2, 0.25) is 0 Å². The first-order valence-electron chi connectivity index (χ1n) is 5.46. The van der Waals surface area contributed by atoms with E-state index in [1.54, 1.807) is 11.0 Å². The van der Waals surface area contributed by atoms with Gasteiger partial charge in [0.25, 0.3) is 0 Å². The first-order chi connectivity index (χ1) is 8.93. The topological polar surface area (TPSA) is 55.0 Å². The standard InChI is InChI=1S/C11H9F3N4S/c12-11(13,14)9-16-10(19-17-9)18-4-6-1-2-8(15)3-7(6)5-18/h1-3H,4-5,15H2. The van der Waals surface area contributed by atoms with E-state index < -0.39 is 12.0 Å². The molecule has 0 atom stereocenters. The van der Waals surface area contributed by atoms with Gasteiger partial charge in [-0.05, 0) is 23.3 Å². The highest BCUT2D eigenvalue weighted by atomic mass is 32.1. The molecule has 1 aromatic carbocycles. The van der Waals surface area contributed by atoms with Crippen LogP contribution in [0.1, 0.15) is 17.0 Å². The second kappa shape index (κ2) is 4.09. The minimum absolute atomic E-state index is 0.280. The van der Waals surface area contributed by atoms with Gasteiger partial charge in [0.2, 0.25) is 11.0 Å². The number of alkyl halides is 3. The molecule has 0 fully saturated rings. The number of halogens is 3. The van der Waals surface area contributed by atoms with Crippen molar-refractivity contribution in [2.24, 2.45) is 0 Å². The molecular formula is C11H9F3N4S. The normalized spacial score (nSPS) is 14.8. The van der Waals surface area contributed by atoms with Crippen LogP contribution in [-0.4, -0.2) is 9.36 Å². The van der Waals surface area contributed by atoms with Gasteiger partial charge in [0.1, 0.15) is 0 Å².